The highest BCUT2D eigenvalue weighted by Crippen LogP contribution is 2.25. The first-order chi connectivity index (χ1) is 8.45. The van der Waals surface area contributed by atoms with Crippen molar-refractivity contribution in [2.75, 3.05) is 5.32 Å². The molecular weight excluding hydrogens is 320 g/mol. The van der Waals surface area contributed by atoms with Crippen LogP contribution < -0.4 is 5.32 Å². The molecule has 0 atom stereocenters. The third-order valence-corrected chi connectivity index (χ3v) is 3.50. The van der Waals surface area contributed by atoms with E-state index in [1.165, 1.54) is 0 Å². The fourth-order valence-corrected chi connectivity index (χ4v) is 2.64. The molecule has 8 heteroatoms. The highest BCUT2D eigenvalue weighted by molar-refractivity contribution is 9.10. The van der Waals surface area contributed by atoms with Crippen LogP contribution in [0.2, 0.25) is 0 Å². The minimum atomic E-state index is -0.974. The van der Waals surface area contributed by atoms with Crippen molar-refractivity contribution in [3.05, 3.63) is 27.1 Å². The Bertz CT molecular complexity index is 594. The summed E-state index contributed by atoms with van der Waals surface area (Å²) in [6, 6.07) is 1.70. The number of carboxylic acids is 1. The zero-order valence-corrected chi connectivity index (χ0v) is 12.0. The number of aromatic carboxylic acids is 1. The van der Waals surface area contributed by atoms with Crippen molar-refractivity contribution in [1.29, 1.82) is 0 Å². The summed E-state index contributed by atoms with van der Waals surface area (Å²) >= 11 is 4.34. The molecule has 2 N–H and O–H groups in total. The molecule has 0 amide bonds. The van der Waals surface area contributed by atoms with Gasteiger partial charge >= 0.3 is 5.97 Å². The Hall–Kier alpha value is -1.54. The first-order valence-electron chi connectivity index (χ1n) is 4.94. The van der Waals surface area contributed by atoms with Crippen LogP contribution in [0.3, 0.4) is 0 Å². The zero-order valence-electron chi connectivity index (χ0n) is 9.56. The van der Waals surface area contributed by atoms with E-state index in [0.29, 0.717) is 27.1 Å². The lowest BCUT2D eigenvalue weighted by molar-refractivity contribution is 0.0701. The van der Waals surface area contributed by atoms with Crippen molar-refractivity contribution < 1.29 is 9.90 Å². The van der Waals surface area contributed by atoms with E-state index in [1.807, 2.05) is 0 Å². The average Bonchev–Trinajstić information content (AvgIpc) is 2.57. The normalized spacial score (nSPS) is 10.4. The Labute approximate surface area is 115 Å². The minimum Gasteiger partial charge on any atom is -0.477 e. The summed E-state index contributed by atoms with van der Waals surface area (Å²) < 4.78 is 0.657. The fraction of sp³-hybridized carbons (Fsp3) is 0.200. The maximum atomic E-state index is 10.9. The van der Waals surface area contributed by atoms with Crippen LogP contribution in [0.1, 0.15) is 21.2 Å². The predicted molar refractivity (Wildman–Crippen MR) is 71.6 cm³/mol. The van der Waals surface area contributed by atoms with E-state index in [9.17, 15) is 4.79 Å². The monoisotopic (exact) mass is 328 g/mol. The lowest BCUT2D eigenvalue weighted by atomic mass is 10.4. The molecule has 18 heavy (non-hydrogen) atoms. The van der Waals surface area contributed by atoms with Gasteiger partial charge in [0.25, 0.3) is 0 Å². The van der Waals surface area contributed by atoms with Gasteiger partial charge in [0.15, 0.2) is 5.13 Å². The number of nitrogens with zero attached hydrogens (tertiary/aromatic N) is 3. The van der Waals surface area contributed by atoms with E-state index in [-0.39, 0.29) is 4.88 Å². The topological polar surface area (TPSA) is 88.0 Å². The number of halogens is 1. The zero-order chi connectivity index (χ0) is 13.3. The molecule has 6 nitrogen and oxygen atoms in total. The summed E-state index contributed by atoms with van der Waals surface area (Å²) in [5.41, 5.74) is 0.486. The first kappa shape index (κ1) is 12.9. The number of rotatable bonds is 3. The van der Waals surface area contributed by atoms with Gasteiger partial charge in [-0.15, -0.1) is 0 Å². The molecule has 0 saturated heterocycles. The van der Waals surface area contributed by atoms with E-state index in [1.54, 1.807) is 19.9 Å². The smallest absolute Gasteiger partial charge is 0.347 e. The molecule has 2 heterocycles. The number of carbonyl (C=O) groups is 1. The van der Waals surface area contributed by atoms with E-state index in [0.717, 1.165) is 11.3 Å². The second-order valence-electron chi connectivity index (χ2n) is 3.49. The van der Waals surface area contributed by atoms with Crippen molar-refractivity contribution >= 4 is 44.2 Å². The van der Waals surface area contributed by atoms with Crippen LogP contribution in [0.5, 0.6) is 0 Å². The maximum absolute atomic E-state index is 10.9. The summed E-state index contributed by atoms with van der Waals surface area (Å²) in [5.74, 6) is 0.205. The number of thiazole rings is 1. The molecule has 0 aromatic carbocycles. The first-order valence-corrected chi connectivity index (χ1v) is 6.55. The Balaban J connectivity index is 2.28. The standard InChI is InChI=1S/C10H9BrN4O2S/c1-4-8(9(16)17)18-10(12-4)15-7-3-6(11)13-5(2)14-7/h3H,1-2H3,(H,16,17)(H,12,13,14,15). The lowest BCUT2D eigenvalue weighted by Gasteiger charge is -2.02. The quantitative estimate of drug-likeness (QED) is 0.842. The van der Waals surface area contributed by atoms with Crippen LogP contribution in [0.4, 0.5) is 10.9 Å². The second kappa shape index (κ2) is 4.99. The number of aromatic nitrogens is 3. The van der Waals surface area contributed by atoms with Crippen LogP contribution in [0, 0.1) is 13.8 Å². The molecule has 0 aliphatic heterocycles. The van der Waals surface area contributed by atoms with Crippen molar-refractivity contribution in [2.24, 2.45) is 0 Å². The molecule has 2 aromatic rings. The van der Waals surface area contributed by atoms with E-state index in [2.05, 4.69) is 36.2 Å². The summed E-state index contributed by atoms with van der Waals surface area (Å²) in [7, 11) is 0. The summed E-state index contributed by atoms with van der Waals surface area (Å²) in [5, 5.41) is 12.4. The van der Waals surface area contributed by atoms with Crippen LogP contribution in [-0.4, -0.2) is 26.0 Å². The van der Waals surface area contributed by atoms with Crippen LogP contribution in [0.15, 0.2) is 10.7 Å². The molecule has 0 unspecified atom stereocenters. The van der Waals surface area contributed by atoms with Crippen molar-refractivity contribution in [2.45, 2.75) is 13.8 Å². The van der Waals surface area contributed by atoms with Crippen molar-refractivity contribution in [1.82, 2.24) is 15.0 Å². The third kappa shape index (κ3) is 2.82. The minimum absolute atomic E-state index is 0.224. The Kier molecular flexibility index (Phi) is 3.58. The maximum Gasteiger partial charge on any atom is 0.347 e. The van der Waals surface area contributed by atoms with Gasteiger partial charge in [0.2, 0.25) is 0 Å². The van der Waals surface area contributed by atoms with Gasteiger partial charge in [0.05, 0.1) is 5.69 Å². The Morgan fingerprint density at radius 3 is 2.67 bits per heavy atom. The van der Waals surface area contributed by atoms with Gasteiger partial charge < -0.3 is 10.4 Å². The van der Waals surface area contributed by atoms with Gasteiger partial charge in [-0.2, -0.15) is 0 Å². The van der Waals surface area contributed by atoms with E-state index >= 15 is 0 Å². The second-order valence-corrected chi connectivity index (χ2v) is 5.30. The lowest BCUT2D eigenvalue weighted by Crippen LogP contribution is -1.97. The van der Waals surface area contributed by atoms with Gasteiger partial charge in [-0.25, -0.2) is 19.7 Å². The number of nitrogens with one attached hydrogen (secondary N) is 1. The van der Waals surface area contributed by atoms with Gasteiger partial charge in [0.1, 0.15) is 21.1 Å². The molecule has 0 fully saturated rings. The predicted octanol–water partition coefficient (Wildman–Crippen LogP) is 2.75. The molecule has 94 valence electrons. The van der Waals surface area contributed by atoms with Crippen LogP contribution in [-0.2, 0) is 0 Å². The molecule has 0 saturated carbocycles. The van der Waals surface area contributed by atoms with Gasteiger partial charge in [-0.3, -0.25) is 0 Å². The number of carboxylic acid groups (broad SMARTS) is 1. The molecule has 2 aromatic heterocycles. The number of hydrogen-bond acceptors (Lipinski definition) is 6. The SMILES string of the molecule is Cc1nc(Br)cc(Nc2nc(C)c(C(=O)O)s2)n1. The van der Waals surface area contributed by atoms with Crippen molar-refractivity contribution in [3.63, 3.8) is 0 Å². The number of anilines is 2. The molecule has 2 rings (SSSR count). The summed E-state index contributed by atoms with van der Waals surface area (Å²) in [6.45, 7) is 3.43. The molecule has 0 radical (unpaired) electrons. The van der Waals surface area contributed by atoms with Gasteiger partial charge in [-0.05, 0) is 29.8 Å². The highest BCUT2D eigenvalue weighted by Gasteiger charge is 2.14. The summed E-state index contributed by atoms with van der Waals surface area (Å²) in [4.78, 5) is 23.5. The van der Waals surface area contributed by atoms with E-state index < -0.39 is 5.97 Å². The van der Waals surface area contributed by atoms with Gasteiger partial charge in [-0.1, -0.05) is 11.3 Å². The van der Waals surface area contributed by atoms with E-state index in [4.69, 9.17) is 5.11 Å². The molecule has 0 aliphatic carbocycles. The third-order valence-electron chi connectivity index (χ3n) is 2.03. The van der Waals surface area contributed by atoms with Gasteiger partial charge in [0, 0.05) is 6.07 Å². The fourth-order valence-electron chi connectivity index (χ4n) is 1.35. The number of aryl methyl sites for hydroxylation is 2. The largest absolute Gasteiger partial charge is 0.477 e. The number of hydrogen-bond donors (Lipinski definition) is 2. The Morgan fingerprint density at radius 1 is 1.39 bits per heavy atom. The Morgan fingerprint density at radius 2 is 2.11 bits per heavy atom. The molecule has 0 bridgehead atoms. The average molecular weight is 329 g/mol. The van der Waals surface area contributed by atoms with Crippen LogP contribution in [0.25, 0.3) is 0 Å². The molecular formula is C10H9BrN4O2S. The van der Waals surface area contributed by atoms with Crippen LogP contribution >= 0.6 is 27.3 Å². The molecule has 0 spiro atoms. The van der Waals surface area contributed by atoms with Crippen molar-refractivity contribution in [3.8, 4) is 0 Å². The summed E-state index contributed by atoms with van der Waals surface area (Å²) in [6.07, 6.45) is 0. The molecule has 0 aliphatic rings. The highest BCUT2D eigenvalue weighted by atomic mass is 79.9.